The maximum atomic E-state index is 3.67. The van der Waals surface area contributed by atoms with Crippen LogP contribution in [0.5, 0.6) is 0 Å². The molecular formula is C20H25N. The average molecular weight is 279 g/mol. The molecule has 1 aliphatic rings. The van der Waals surface area contributed by atoms with Gasteiger partial charge in [-0.2, -0.15) is 0 Å². The van der Waals surface area contributed by atoms with Crippen molar-refractivity contribution in [1.29, 1.82) is 0 Å². The maximum absolute atomic E-state index is 3.67. The van der Waals surface area contributed by atoms with Crippen LogP contribution in [0.15, 0.2) is 42.5 Å². The SMILES string of the molecule is CC(C)c1ccc(C2Cc3cc(C(C)C)ccc3N2)cc1. The Morgan fingerprint density at radius 2 is 1.48 bits per heavy atom. The first-order valence-electron chi connectivity index (χ1n) is 8.04. The standard InChI is InChI=1S/C20H25N/c1-13(2)15-5-7-16(8-6-15)20-12-18-11-17(14(3)4)9-10-19(18)21-20/h5-11,13-14,20-21H,12H2,1-4H3. The van der Waals surface area contributed by atoms with Gasteiger partial charge in [-0.15, -0.1) is 0 Å². The fourth-order valence-corrected chi connectivity index (χ4v) is 3.06. The number of fused-ring (bicyclic) bond motifs is 1. The van der Waals surface area contributed by atoms with Crippen LogP contribution < -0.4 is 5.32 Å². The van der Waals surface area contributed by atoms with Crippen molar-refractivity contribution in [3.05, 3.63) is 64.7 Å². The lowest BCUT2D eigenvalue weighted by atomic mass is 9.96. The summed E-state index contributed by atoms with van der Waals surface area (Å²) >= 11 is 0. The van der Waals surface area contributed by atoms with Crippen LogP contribution in [-0.4, -0.2) is 0 Å². The van der Waals surface area contributed by atoms with E-state index in [1.54, 1.807) is 0 Å². The maximum Gasteiger partial charge on any atom is 0.0555 e. The predicted octanol–water partition coefficient (Wildman–Crippen LogP) is 5.64. The smallest absolute Gasteiger partial charge is 0.0555 e. The highest BCUT2D eigenvalue weighted by Gasteiger charge is 2.22. The Morgan fingerprint density at radius 3 is 2.10 bits per heavy atom. The molecule has 0 amide bonds. The van der Waals surface area contributed by atoms with E-state index in [1.165, 1.54) is 27.9 Å². The second-order valence-electron chi connectivity index (χ2n) is 6.79. The molecule has 1 N–H and O–H groups in total. The molecule has 1 aliphatic heterocycles. The van der Waals surface area contributed by atoms with Gasteiger partial charge in [-0.05, 0) is 46.6 Å². The van der Waals surface area contributed by atoms with Gasteiger partial charge in [0.25, 0.3) is 0 Å². The Labute approximate surface area is 128 Å². The molecule has 0 saturated carbocycles. The van der Waals surface area contributed by atoms with Gasteiger partial charge in [0.05, 0.1) is 6.04 Å². The summed E-state index contributed by atoms with van der Waals surface area (Å²) < 4.78 is 0. The van der Waals surface area contributed by atoms with Gasteiger partial charge in [0.15, 0.2) is 0 Å². The average Bonchev–Trinajstić information content (AvgIpc) is 2.90. The molecule has 0 aliphatic carbocycles. The lowest BCUT2D eigenvalue weighted by Crippen LogP contribution is -2.05. The van der Waals surface area contributed by atoms with E-state index in [0.717, 1.165) is 6.42 Å². The highest BCUT2D eigenvalue weighted by molar-refractivity contribution is 5.59. The minimum atomic E-state index is 0.420. The summed E-state index contributed by atoms with van der Waals surface area (Å²) in [6, 6.07) is 16.4. The van der Waals surface area contributed by atoms with Crippen molar-refractivity contribution in [3.63, 3.8) is 0 Å². The Kier molecular flexibility index (Phi) is 3.75. The molecule has 2 aromatic carbocycles. The number of rotatable bonds is 3. The molecule has 0 radical (unpaired) electrons. The van der Waals surface area contributed by atoms with Crippen molar-refractivity contribution < 1.29 is 0 Å². The van der Waals surface area contributed by atoms with E-state index in [-0.39, 0.29) is 0 Å². The molecule has 0 fully saturated rings. The summed E-state index contributed by atoms with van der Waals surface area (Å²) in [5.41, 5.74) is 7.00. The molecule has 0 saturated heterocycles. The van der Waals surface area contributed by atoms with Crippen molar-refractivity contribution in [2.24, 2.45) is 0 Å². The van der Waals surface area contributed by atoms with Crippen LogP contribution in [-0.2, 0) is 6.42 Å². The predicted molar refractivity (Wildman–Crippen MR) is 91.1 cm³/mol. The molecule has 21 heavy (non-hydrogen) atoms. The summed E-state index contributed by atoms with van der Waals surface area (Å²) in [4.78, 5) is 0. The zero-order valence-electron chi connectivity index (χ0n) is 13.5. The third kappa shape index (κ3) is 2.83. The molecule has 0 bridgehead atoms. The number of anilines is 1. The third-order valence-corrected chi connectivity index (χ3v) is 4.56. The Hall–Kier alpha value is -1.76. The van der Waals surface area contributed by atoms with E-state index >= 15 is 0 Å². The molecule has 1 heteroatoms. The second kappa shape index (κ2) is 5.55. The first-order chi connectivity index (χ1) is 10.0. The summed E-state index contributed by atoms with van der Waals surface area (Å²) in [6.45, 7) is 9.00. The normalized spacial score (nSPS) is 17.1. The number of hydrogen-bond acceptors (Lipinski definition) is 1. The molecular weight excluding hydrogens is 254 g/mol. The van der Waals surface area contributed by atoms with Crippen molar-refractivity contribution in [3.8, 4) is 0 Å². The molecule has 0 aromatic heterocycles. The molecule has 3 rings (SSSR count). The number of benzene rings is 2. The zero-order chi connectivity index (χ0) is 15.0. The molecule has 1 heterocycles. The first kappa shape index (κ1) is 14.2. The van der Waals surface area contributed by atoms with Gasteiger partial charge < -0.3 is 5.32 Å². The van der Waals surface area contributed by atoms with Crippen LogP contribution >= 0.6 is 0 Å². The van der Waals surface area contributed by atoms with Gasteiger partial charge in [0.1, 0.15) is 0 Å². The minimum absolute atomic E-state index is 0.420. The van der Waals surface area contributed by atoms with Crippen LogP contribution in [0.2, 0.25) is 0 Å². The number of hydrogen-bond donors (Lipinski definition) is 1. The van der Waals surface area contributed by atoms with Crippen molar-refractivity contribution in [2.45, 2.75) is 52.0 Å². The van der Waals surface area contributed by atoms with E-state index in [4.69, 9.17) is 0 Å². The fraction of sp³-hybridized carbons (Fsp3) is 0.400. The van der Waals surface area contributed by atoms with Crippen molar-refractivity contribution in [1.82, 2.24) is 0 Å². The third-order valence-electron chi connectivity index (χ3n) is 4.56. The highest BCUT2D eigenvalue weighted by atomic mass is 14.9. The summed E-state index contributed by atoms with van der Waals surface area (Å²) in [5.74, 6) is 1.20. The van der Waals surface area contributed by atoms with Gasteiger partial charge in [-0.1, -0.05) is 64.1 Å². The van der Waals surface area contributed by atoms with E-state index < -0.39 is 0 Å². The van der Waals surface area contributed by atoms with Gasteiger partial charge >= 0.3 is 0 Å². The molecule has 110 valence electrons. The highest BCUT2D eigenvalue weighted by Crippen LogP contribution is 2.36. The van der Waals surface area contributed by atoms with Crippen LogP contribution in [0, 0.1) is 0 Å². The Bertz CT molecular complexity index is 623. The first-order valence-corrected chi connectivity index (χ1v) is 8.04. The van der Waals surface area contributed by atoms with Gasteiger partial charge in [0.2, 0.25) is 0 Å². The monoisotopic (exact) mass is 279 g/mol. The molecule has 1 atom stereocenters. The minimum Gasteiger partial charge on any atom is -0.378 e. The van der Waals surface area contributed by atoms with Gasteiger partial charge in [-0.3, -0.25) is 0 Å². The Morgan fingerprint density at radius 1 is 0.857 bits per heavy atom. The Balaban J connectivity index is 1.80. The quantitative estimate of drug-likeness (QED) is 0.766. The van der Waals surface area contributed by atoms with E-state index in [1.807, 2.05) is 0 Å². The van der Waals surface area contributed by atoms with Crippen molar-refractivity contribution in [2.75, 3.05) is 5.32 Å². The summed E-state index contributed by atoms with van der Waals surface area (Å²) in [5, 5.41) is 3.67. The number of nitrogens with one attached hydrogen (secondary N) is 1. The molecule has 2 aromatic rings. The zero-order valence-corrected chi connectivity index (χ0v) is 13.5. The molecule has 0 spiro atoms. The van der Waals surface area contributed by atoms with E-state index in [9.17, 15) is 0 Å². The van der Waals surface area contributed by atoms with Crippen LogP contribution in [0.4, 0.5) is 5.69 Å². The fourth-order valence-electron chi connectivity index (χ4n) is 3.06. The summed E-state index contributed by atoms with van der Waals surface area (Å²) in [6.07, 6.45) is 1.09. The van der Waals surface area contributed by atoms with Crippen molar-refractivity contribution >= 4 is 5.69 Å². The molecule has 1 nitrogen and oxygen atoms in total. The van der Waals surface area contributed by atoms with Gasteiger partial charge in [-0.25, -0.2) is 0 Å². The topological polar surface area (TPSA) is 12.0 Å². The second-order valence-corrected chi connectivity index (χ2v) is 6.79. The lowest BCUT2D eigenvalue weighted by molar-refractivity contribution is 0.813. The molecule has 1 unspecified atom stereocenters. The van der Waals surface area contributed by atoms with Gasteiger partial charge in [0, 0.05) is 5.69 Å². The summed E-state index contributed by atoms with van der Waals surface area (Å²) in [7, 11) is 0. The van der Waals surface area contributed by atoms with E-state index in [0.29, 0.717) is 17.9 Å². The largest absolute Gasteiger partial charge is 0.378 e. The van der Waals surface area contributed by atoms with Crippen LogP contribution in [0.1, 0.15) is 67.8 Å². The van der Waals surface area contributed by atoms with Crippen LogP contribution in [0.3, 0.4) is 0 Å². The van der Waals surface area contributed by atoms with Crippen LogP contribution in [0.25, 0.3) is 0 Å². The lowest BCUT2D eigenvalue weighted by Gasteiger charge is -2.13. The van der Waals surface area contributed by atoms with E-state index in [2.05, 4.69) is 75.5 Å².